The number of alkyl halides is 3. The summed E-state index contributed by atoms with van der Waals surface area (Å²) in [7, 11) is 0. The van der Waals surface area contributed by atoms with E-state index < -0.39 is 17.6 Å². The molecule has 132 valence electrons. The van der Waals surface area contributed by atoms with Gasteiger partial charge in [-0.2, -0.15) is 13.2 Å². The van der Waals surface area contributed by atoms with Crippen molar-refractivity contribution in [3.05, 3.63) is 35.5 Å². The normalized spacial score (nSPS) is 14.5. The highest BCUT2D eigenvalue weighted by Gasteiger charge is 2.31. The topological polar surface area (TPSA) is 110 Å². The molecule has 11 heteroatoms. The van der Waals surface area contributed by atoms with Crippen molar-refractivity contribution in [2.24, 2.45) is 4.99 Å². The third kappa shape index (κ3) is 3.70. The average Bonchev–Trinajstić information content (AvgIpc) is 3.15. The van der Waals surface area contributed by atoms with Crippen molar-refractivity contribution >= 4 is 23.2 Å². The van der Waals surface area contributed by atoms with Crippen LogP contribution in [0.5, 0.6) is 0 Å². The first-order valence-corrected chi connectivity index (χ1v) is 7.19. The minimum Gasteiger partial charge on any atom is -0.379 e. The molecule has 25 heavy (non-hydrogen) atoms. The van der Waals surface area contributed by atoms with Gasteiger partial charge >= 0.3 is 6.18 Å². The number of nitrogen functional groups attached to an aromatic ring is 1. The van der Waals surface area contributed by atoms with Crippen molar-refractivity contribution in [3.63, 3.8) is 0 Å². The number of anilines is 2. The standard InChI is InChI=1S/C14H13F3N6O2/c15-14(16,17)8-2-1-3-9(6-8)20-10(24)7-23-5-4-19-13(23)11-12(18)22-25-21-11/h1-3,6H,4-5,7H2,(H2,18,22)(H,20,24). The lowest BCUT2D eigenvalue weighted by molar-refractivity contribution is -0.137. The lowest BCUT2D eigenvalue weighted by atomic mass is 10.2. The zero-order valence-corrected chi connectivity index (χ0v) is 12.7. The molecule has 1 amide bonds. The molecule has 0 fully saturated rings. The van der Waals surface area contributed by atoms with Gasteiger partial charge in [-0.05, 0) is 28.5 Å². The lowest BCUT2D eigenvalue weighted by Gasteiger charge is -2.18. The summed E-state index contributed by atoms with van der Waals surface area (Å²) in [6.07, 6.45) is -4.48. The Morgan fingerprint density at radius 2 is 2.16 bits per heavy atom. The quantitative estimate of drug-likeness (QED) is 0.858. The second-order valence-corrected chi connectivity index (χ2v) is 5.25. The fraction of sp³-hybridized carbons (Fsp3) is 0.286. The van der Waals surface area contributed by atoms with Crippen LogP contribution in [0.4, 0.5) is 24.7 Å². The molecule has 0 bridgehead atoms. The largest absolute Gasteiger partial charge is 0.416 e. The Morgan fingerprint density at radius 3 is 2.84 bits per heavy atom. The lowest BCUT2D eigenvalue weighted by Crippen LogP contribution is -2.36. The van der Waals surface area contributed by atoms with Crippen LogP contribution >= 0.6 is 0 Å². The number of aliphatic imine (C=N–C) groups is 1. The highest BCUT2D eigenvalue weighted by molar-refractivity contribution is 6.04. The zero-order chi connectivity index (χ0) is 18.0. The number of hydrogen-bond acceptors (Lipinski definition) is 7. The summed E-state index contributed by atoms with van der Waals surface area (Å²) in [5, 5.41) is 9.53. The van der Waals surface area contributed by atoms with Crippen molar-refractivity contribution in [1.82, 2.24) is 15.2 Å². The van der Waals surface area contributed by atoms with Gasteiger partial charge in [0.1, 0.15) is 0 Å². The molecule has 2 heterocycles. The van der Waals surface area contributed by atoms with Gasteiger partial charge in [0.05, 0.1) is 18.7 Å². The van der Waals surface area contributed by atoms with E-state index in [9.17, 15) is 18.0 Å². The Morgan fingerprint density at radius 1 is 1.36 bits per heavy atom. The van der Waals surface area contributed by atoms with Crippen LogP contribution in [0, 0.1) is 0 Å². The minimum atomic E-state index is -4.48. The van der Waals surface area contributed by atoms with E-state index in [2.05, 4.69) is 25.3 Å². The number of carbonyl (C=O) groups excluding carboxylic acids is 1. The average molecular weight is 354 g/mol. The first-order valence-electron chi connectivity index (χ1n) is 7.19. The van der Waals surface area contributed by atoms with Crippen LogP contribution in [0.1, 0.15) is 11.3 Å². The number of hydrogen-bond donors (Lipinski definition) is 2. The van der Waals surface area contributed by atoms with Crippen LogP contribution in [-0.4, -0.2) is 46.6 Å². The summed E-state index contributed by atoms with van der Waals surface area (Å²) in [6, 6.07) is 4.41. The van der Waals surface area contributed by atoms with E-state index in [0.717, 1.165) is 12.1 Å². The second kappa shape index (κ2) is 6.42. The van der Waals surface area contributed by atoms with Gasteiger partial charge in [0.15, 0.2) is 17.3 Å². The SMILES string of the molecule is Nc1nonc1C1=NCCN1CC(=O)Nc1cccc(C(F)(F)F)c1. The molecular weight excluding hydrogens is 341 g/mol. The Kier molecular flexibility index (Phi) is 4.30. The summed E-state index contributed by atoms with van der Waals surface area (Å²) in [5.74, 6) is -0.0918. The molecule has 0 aliphatic carbocycles. The maximum absolute atomic E-state index is 12.7. The van der Waals surface area contributed by atoms with E-state index in [1.54, 1.807) is 4.90 Å². The predicted molar refractivity (Wildman–Crippen MR) is 81.8 cm³/mol. The van der Waals surface area contributed by atoms with Crippen molar-refractivity contribution in [2.75, 3.05) is 30.7 Å². The molecule has 3 N–H and O–H groups in total. The number of amidine groups is 1. The van der Waals surface area contributed by atoms with Gasteiger partial charge in [-0.25, -0.2) is 4.63 Å². The van der Waals surface area contributed by atoms with Gasteiger partial charge in [0.25, 0.3) is 0 Å². The molecule has 0 atom stereocenters. The third-order valence-corrected chi connectivity index (χ3v) is 3.46. The number of rotatable bonds is 4. The Hall–Kier alpha value is -3.11. The molecule has 1 aliphatic heterocycles. The highest BCUT2D eigenvalue weighted by Crippen LogP contribution is 2.30. The van der Waals surface area contributed by atoms with Gasteiger partial charge in [-0.3, -0.25) is 9.79 Å². The molecule has 0 saturated heterocycles. The minimum absolute atomic E-state index is 0.0453. The first-order chi connectivity index (χ1) is 11.8. The van der Waals surface area contributed by atoms with E-state index in [0.29, 0.717) is 18.9 Å². The first kappa shape index (κ1) is 16.7. The van der Waals surface area contributed by atoms with E-state index in [1.807, 2.05) is 0 Å². The van der Waals surface area contributed by atoms with Gasteiger partial charge in [0.2, 0.25) is 5.91 Å². The van der Waals surface area contributed by atoms with E-state index in [-0.39, 0.29) is 23.7 Å². The Labute approximate surface area is 139 Å². The Bertz CT molecular complexity index is 817. The molecular formula is C14H13F3N6O2. The smallest absolute Gasteiger partial charge is 0.379 e. The van der Waals surface area contributed by atoms with Crippen LogP contribution < -0.4 is 11.1 Å². The number of nitrogens with one attached hydrogen (secondary N) is 1. The fourth-order valence-electron chi connectivity index (χ4n) is 2.36. The van der Waals surface area contributed by atoms with E-state index in [4.69, 9.17) is 5.73 Å². The van der Waals surface area contributed by atoms with Crippen molar-refractivity contribution in [1.29, 1.82) is 0 Å². The third-order valence-electron chi connectivity index (χ3n) is 3.46. The summed E-state index contributed by atoms with van der Waals surface area (Å²) in [6.45, 7) is 0.748. The van der Waals surface area contributed by atoms with Gasteiger partial charge < -0.3 is 16.0 Å². The molecule has 1 aromatic heterocycles. The summed E-state index contributed by atoms with van der Waals surface area (Å²) < 4.78 is 42.6. The number of carbonyl (C=O) groups is 1. The predicted octanol–water partition coefficient (Wildman–Crippen LogP) is 1.37. The number of benzene rings is 1. The van der Waals surface area contributed by atoms with Gasteiger partial charge in [-0.15, -0.1) is 0 Å². The number of halogens is 3. The summed E-state index contributed by atoms with van der Waals surface area (Å²) >= 11 is 0. The van der Waals surface area contributed by atoms with Crippen molar-refractivity contribution in [3.8, 4) is 0 Å². The molecule has 3 rings (SSSR count). The number of nitrogens with zero attached hydrogens (tertiary/aromatic N) is 4. The zero-order valence-electron chi connectivity index (χ0n) is 12.7. The molecule has 1 aliphatic rings. The molecule has 1 aromatic carbocycles. The van der Waals surface area contributed by atoms with Crippen LogP contribution in [0.3, 0.4) is 0 Å². The van der Waals surface area contributed by atoms with Crippen LogP contribution in [0.25, 0.3) is 0 Å². The van der Waals surface area contributed by atoms with E-state index in [1.165, 1.54) is 12.1 Å². The van der Waals surface area contributed by atoms with Crippen LogP contribution in [-0.2, 0) is 11.0 Å². The molecule has 8 nitrogen and oxygen atoms in total. The number of aromatic nitrogens is 2. The molecule has 0 unspecified atom stereocenters. The molecule has 2 aromatic rings. The Balaban J connectivity index is 1.67. The molecule has 0 spiro atoms. The highest BCUT2D eigenvalue weighted by atomic mass is 19.4. The maximum atomic E-state index is 12.7. The fourth-order valence-corrected chi connectivity index (χ4v) is 2.36. The number of nitrogens with two attached hydrogens (primary N) is 1. The van der Waals surface area contributed by atoms with Crippen LogP contribution in [0.15, 0.2) is 33.9 Å². The second-order valence-electron chi connectivity index (χ2n) is 5.25. The van der Waals surface area contributed by atoms with Gasteiger partial charge in [-0.1, -0.05) is 6.07 Å². The maximum Gasteiger partial charge on any atom is 0.416 e. The van der Waals surface area contributed by atoms with Gasteiger partial charge in [0, 0.05) is 12.2 Å². The van der Waals surface area contributed by atoms with E-state index >= 15 is 0 Å². The van der Waals surface area contributed by atoms with Crippen LogP contribution in [0.2, 0.25) is 0 Å². The monoisotopic (exact) mass is 354 g/mol. The summed E-state index contributed by atoms with van der Waals surface area (Å²) in [5.41, 5.74) is 5.06. The number of amides is 1. The molecule has 0 saturated carbocycles. The summed E-state index contributed by atoms with van der Waals surface area (Å²) in [4.78, 5) is 17.9. The van der Waals surface area contributed by atoms with Crippen molar-refractivity contribution < 1.29 is 22.6 Å². The van der Waals surface area contributed by atoms with Crippen molar-refractivity contribution in [2.45, 2.75) is 6.18 Å². The molecule has 0 radical (unpaired) electrons.